The number of hydrogen-bond donors (Lipinski definition) is 2. The second-order valence-electron chi connectivity index (χ2n) is 2.31. The van der Waals surface area contributed by atoms with Crippen LogP contribution in [0.5, 0.6) is 0 Å². The van der Waals surface area contributed by atoms with E-state index in [1.807, 2.05) is 0 Å². The number of halogens is 3. The fourth-order valence-electron chi connectivity index (χ4n) is 0.498. The van der Waals surface area contributed by atoms with E-state index >= 15 is 0 Å². The van der Waals surface area contributed by atoms with E-state index in [1.165, 1.54) is 0 Å². The van der Waals surface area contributed by atoms with E-state index in [1.54, 1.807) is 0 Å². The fourth-order valence-corrected chi connectivity index (χ4v) is 2.10. The lowest BCUT2D eigenvalue weighted by molar-refractivity contribution is -0.137. The summed E-state index contributed by atoms with van der Waals surface area (Å²) in [4.78, 5) is 10.2. The maximum absolute atomic E-state index is 11.6. The van der Waals surface area contributed by atoms with Crippen molar-refractivity contribution < 1.29 is 23.1 Å². The van der Waals surface area contributed by atoms with Crippen LogP contribution in [0.25, 0.3) is 0 Å². The zero-order chi connectivity index (χ0) is 11.2. The summed E-state index contributed by atoms with van der Waals surface area (Å²) >= 11 is 0.988. The molecule has 0 bridgehead atoms. The summed E-state index contributed by atoms with van der Waals surface area (Å²) in [5.41, 5.74) is 0.922. The smallest absolute Gasteiger partial charge is 0.441 e. The number of thioether (sulfide) groups is 2. The molecule has 0 saturated carbocycles. The highest BCUT2D eigenvalue weighted by atomic mass is 32.2. The quantitative estimate of drug-likeness (QED) is 0.696. The van der Waals surface area contributed by atoms with Crippen LogP contribution in [0.2, 0.25) is 0 Å². The Bertz CT molecular complexity index is 188. The Morgan fingerprint density at radius 3 is 2.43 bits per heavy atom. The molecule has 0 heterocycles. The number of hydrogen-bond acceptors (Lipinski definition) is 4. The highest BCUT2D eigenvalue weighted by Gasteiger charge is 2.27. The lowest BCUT2D eigenvalue weighted by Gasteiger charge is -2.07. The summed E-state index contributed by atoms with van der Waals surface area (Å²) in [7, 11) is 0. The molecule has 0 aromatic heterocycles. The van der Waals surface area contributed by atoms with Gasteiger partial charge in [-0.25, -0.2) is 0 Å². The number of nitrogens with two attached hydrogens (primary N) is 1. The van der Waals surface area contributed by atoms with E-state index in [0.29, 0.717) is 0 Å². The van der Waals surface area contributed by atoms with Crippen LogP contribution in [0.3, 0.4) is 0 Å². The summed E-state index contributed by atoms with van der Waals surface area (Å²) in [6.45, 7) is 0. The molecule has 0 rings (SSSR count). The summed E-state index contributed by atoms with van der Waals surface area (Å²) < 4.78 is 34.8. The predicted octanol–water partition coefficient (Wildman–Crippen LogP) is 1.38. The van der Waals surface area contributed by atoms with E-state index in [-0.39, 0.29) is 29.0 Å². The first-order valence-electron chi connectivity index (χ1n) is 3.60. The van der Waals surface area contributed by atoms with E-state index in [0.717, 1.165) is 11.8 Å². The summed E-state index contributed by atoms with van der Waals surface area (Å²) in [6, 6.07) is -1.00. The lowest BCUT2D eigenvalue weighted by atomic mass is 10.4. The first-order chi connectivity index (χ1) is 6.33. The summed E-state index contributed by atoms with van der Waals surface area (Å²) in [6.07, 6.45) is 0. The monoisotopic (exact) mass is 249 g/mol. The molecule has 3 nitrogen and oxygen atoms in total. The van der Waals surface area contributed by atoms with E-state index < -0.39 is 17.5 Å². The Hall–Kier alpha value is -0.0800. The van der Waals surface area contributed by atoms with Crippen LogP contribution >= 0.6 is 23.5 Å². The van der Waals surface area contributed by atoms with Gasteiger partial charge in [-0.1, -0.05) is 11.8 Å². The maximum Gasteiger partial charge on any atom is 0.441 e. The third-order valence-electron chi connectivity index (χ3n) is 1.11. The van der Waals surface area contributed by atoms with Crippen LogP contribution in [0.4, 0.5) is 13.2 Å². The molecule has 0 saturated heterocycles. The Labute approximate surface area is 87.6 Å². The minimum atomic E-state index is -4.21. The largest absolute Gasteiger partial charge is 0.480 e. The number of carboxylic acid groups (broad SMARTS) is 1. The van der Waals surface area contributed by atoms with Crippen molar-refractivity contribution in [3.05, 3.63) is 0 Å². The van der Waals surface area contributed by atoms with E-state index in [9.17, 15) is 18.0 Å². The van der Waals surface area contributed by atoms with Crippen molar-refractivity contribution in [3.63, 3.8) is 0 Å². The Morgan fingerprint density at radius 2 is 2.00 bits per heavy atom. The Morgan fingerprint density at radius 1 is 1.43 bits per heavy atom. The first-order valence-corrected chi connectivity index (χ1v) is 5.74. The average Bonchev–Trinajstić information content (AvgIpc) is 2.01. The minimum Gasteiger partial charge on any atom is -0.480 e. The van der Waals surface area contributed by atoms with Gasteiger partial charge in [0.2, 0.25) is 0 Å². The fraction of sp³-hybridized carbons (Fsp3) is 0.833. The van der Waals surface area contributed by atoms with Gasteiger partial charge in [0.1, 0.15) is 6.04 Å². The van der Waals surface area contributed by atoms with Crippen LogP contribution in [0.1, 0.15) is 0 Å². The molecule has 3 N–H and O–H groups in total. The molecule has 0 fully saturated rings. The molecule has 0 aliphatic rings. The van der Waals surface area contributed by atoms with Gasteiger partial charge in [0.25, 0.3) is 0 Å². The van der Waals surface area contributed by atoms with Crippen molar-refractivity contribution in [3.8, 4) is 0 Å². The lowest BCUT2D eigenvalue weighted by Crippen LogP contribution is -2.32. The summed E-state index contributed by atoms with van der Waals surface area (Å²) in [5.74, 6) is -0.847. The molecule has 0 unspecified atom stereocenters. The highest BCUT2D eigenvalue weighted by molar-refractivity contribution is 8.03. The molecule has 0 spiro atoms. The Kier molecular flexibility index (Phi) is 6.38. The van der Waals surface area contributed by atoms with Gasteiger partial charge in [-0.15, -0.1) is 0 Å². The number of rotatable bonds is 6. The minimum absolute atomic E-state index is 0.0828. The third-order valence-corrected chi connectivity index (χ3v) is 3.19. The van der Waals surface area contributed by atoms with Gasteiger partial charge in [0.05, 0.1) is 0 Å². The zero-order valence-electron chi connectivity index (χ0n) is 7.08. The van der Waals surface area contributed by atoms with Crippen molar-refractivity contribution in [1.29, 1.82) is 0 Å². The molecule has 1 atom stereocenters. The van der Waals surface area contributed by atoms with Gasteiger partial charge in [-0.05, 0) is 0 Å². The van der Waals surface area contributed by atoms with Crippen molar-refractivity contribution in [2.45, 2.75) is 11.6 Å². The Balaban J connectivity index is 3.35. The normalized spacial score (nSPS) is 14.0. The van der Waals surface area contributed by atoms with Gasteiger partial charge >= 0.3 is 11.5 Å². The van der Waals surface area contributed by atoms with Crippen LogP contribution in [-0.4, -0.2) is 39.9 Å². The van der Waals surface area contributed by atoms with Crippen LogP contribution in [0, 0.1) is 0 Å². The van der Waals surface area contributed by atoms with Gasteiger partial charge in [0, 0.05) is 17.3 Å². The summed E-state index contributed by atoms with van der Waals surface area (Å²) in [5, 5.41) is 8.34. The van der Waals surface area contributed by atoms with Gasteiger partial charge in [-0.2, -0.15) is 24.9 Å². The molecule has 0 aromatic carbocycles. The van der Waals surface area contributed by atoms with Crippen molar-refractivity contribution in [1.82, 2.24) is 0 Å². The molecular weight excluding hydrogens is 239 g/mol. The predicted molar refractivity (Wildman–Crippen MR) is 51.4 cm³/mol. The van der Waals surface area contributed by atoms with Gasteiger partial charge in [0.15, 0.2) is 0 Å². The molecule has 0 amide bonds. The maximum atomic E-state index is 11.6. The standard InChI is InChI=1S/C6H10F3NO2S2/c7-6(8,9)14-2-1-13-3-4(10)5(11)12/h4H,1-3,10H2,(H,11,12)/t4-/m1/s1. The number of alkyl halides is 3. The van der Waals surface area contributed by atoms with Crippen LogP contribution in [-0.2, 0) is 4.79 Å². The molecule has 14 heavy (non-hydrogen) atoms. The molecule has 0 radical (unpaired) electrons. The molecule has 8 heteroatoms. The molecule has 0 aliphatic heterocycles. The number of carboxylic acids is 1. The second-order valence-corrected chi connectivity index (χ2v) is 4.62. The molecular formula is C6H10F3NO2S2. The highest BCUT2D eigenvalue weighted by Crippen LogP contribution is 2.30. The third kappa shape index (κ3) is 8.52. The molecule has 84 valence electrons. The zero-order valence-corrected chi connectivity index (χ0v) is 8.71. The van der Waals surface area contributed by atoms with Crippen molar-refractivity contribution in [2.75, 3.05) is 17.3 Å². The molecule has 0 aromatic rings. The van der Waals surface area contributed by atoms with Crippen LogP contribution < -0.4 is 5.73 Å². The second kappa shape index (κ2) is 6.41. The first kappa shape index (κ1) is 13.9. The van der Waals surface area contributed by atoms with E-state index in [2.05, 4.69) is 0 Å². The molecule has 0 aliphatic carbocycles. The van der Waals surface area contributed by atoms with E-state index in [4.69, 9.17) is 10.8 Å². The van der Waals surface area contributed by atoms with Gasteiger partial charge < -0.3 is 10.8 Å². The number of carbonyl (C=O) groups is 1. The number of aliphatic carboxylic acids is 1. The SMILES string of the molecule is N[C@H](CSCCSC(F)(F)F)C(=O)O. The average molecular weight is 249 g/mol. The van der Waals surface area contributed by atoms with Gasteiger partial charge in [-0.3, -0.25) is 4.79 Å². The van der Waals surface area contributed by atoms with Crippen molar-refractivity contribution >= 4 is 29.5 Å². The van der Waals surface area contributed by atoms with Crippen LogP contribution in [0.15, 0.2) is 0 Å². The van der Waals surface area contributed by atoms with Crippen molar-refractivity contribution in [2.24, 2.45) is 5.73 Å². The topological polar surface area (TPSA) is 63.3 Å².